The summed E-state index contributed by atoms with van der Waals surface area (Å²) >= 11 is 6.09. The number of halogens is 1. The lowest BCUT2D eigenvalue weighted by Gasteiger charge is -2.17. The molecule has 4 N–H and O–H groups in total. The van der Waals surface area contributed by atoms with Crippen LogP contribution in [0.5, 0.6) is 0 Å². The minimum atomic E-state index is -1.04. The molecule has 7 nitrogen and oxygen atoms in total. The van der Waals surface area contributed by atoms with Crippen LogP contribution in [0.1, 0.15) is 22.8 Å². The topological polar surface area (TPSA) is 108 Å². The Labute approximate surface area is 213 Å². The van der Waals surface area contributed by atoms with Gasteiger partial charge in [-0.3, -0.25) is 10.6 Å². The maximum absolute atomic E-state index is 12.0. The first-order valence-electron chi connectivity index (χ1n) is 11.0. The molecular formula is C28H25ClN2O5. The molecular weight excluding hydrogens is 480 g/mol. The summed E-state index contributed by atoms with van der Waals surface area (Å²) in [4.78, 5) is 22.0. The van der Waals surface area contributed by atoms with E-state index in [1.807, 2.05) is 54.6 Å². The summed E-state index contributed by atoms with van der Waals surface area (Å²) < 4.78 is 5.29. The molecule has 4 aromatic rings. The molecule has 0 heterocycles. The van der Waals surface area contributed by atoms with E-state index < -0.39 is 18.3 Å². The van der Waals surface area contributed by atoms with Crippen LogP contribution in [0.15, 0.2) is 109 Å². The number of carboxylic acid groups (broad SMARTS) is 1. The van der Waals surface area contributed by atoms with E-state index in [-0.39, 0.29) is 6.61 Å². The summed E-state index contributed by atoms with van der Waals surface area (Å²) in [5.74, 6) is 0. The van der Waals surface area contributed by atoms with Crippen molar-refractivity contribution in [1.82, 2.24) is 0 Å². The van der Waals surface area contributed by atoms with Crippen LogP contribution in [0.3, 0.4) is 0 Å². The molecule has 36 heavy (non-hydrogen) atoms. The Hall–Kier alpha value is -4.33. The summed E-state index contributed by atoms with van der Waals surface area (Å²) in [6.07, 6.45) is -2.46. The van der Waals surface area contributed by atoms with E-state index in [0.717, 1.165) is 5.56 Å². The number of benzene rings is 4. The fourth-order valence-electron chi connectivity index (χ4n) is 3.23. The molecule has 0 saturated heterocycles. The molecule has 0 aliphatic carbocycles. The third-order valence-corrected chi connectivity index (χ3v) is 5.16. The van der Waals surface area contributed by atoms with Crippen LogP contribution in [-0.2, 0) is 11.3 Å². The summed E-state index contributed by atoms with van der Waals surface area (Å²) in [6.45, 7) is 0.0229. The first-order chi connectivity index (χ1) is 17.4. The van der Waals surface area contributed by atoms with Crippen molar-refractivity contribution in [3.05, 3.63) is 131 Å². The Morgan fingerprint density at radius 1 is 0.778 bits per heavy atom. The van der Waals surface area contributed by atoms with Gasteiger partial charge in [-0.05, 0) is 53.1 Å². The van der Waals surface area contributed by atoms with Crippen molar-refractivity contribution < 1.29 is 24.5 Å². The lowest BCUT2D eigenvalue weighted by Crippen LogP contribution is -2.14. The van der Waals surface area contributed by atoms with E-state index >= 15 is 0 Å². The number of aliphatic hydroxyl groups is 1. The number of nitrogens with one attached hydrogen (secondary N) is 2. The zero-order valence-electron chi connectivity index (χ0n) is 19.2. The monoisotopic (exact) mass is 504 g/mol. The minimum absolute atomic E-state index is 0.0229. The number of carbonyl (C=O) groups is 2. The highest BCUT2D eigenvalue weighted by atomic mass is 35.5. The van der Waals surface area contributed by atoms with Gasteiger partial charge in [-0.1, -0.05) is 84.4 Å². The molecule has 0 aliphatic heterocycles. The summed E-state index contributed by atoms with van der Waals surface area (Å²) in [7, 11) is 0. The molecule has 0 saturated carbocycles. The Balaban J connectivity index is 0.000000303. The normalized spacial score (nSPS) is 10.8. The van der Waals surface area contributed by atoms with Crippen LogP contribution in [-0.4, -0.2) is 22.4 Å². The molecule has 184 valence electrons. The number of hydrogen-bond acceptors (Lipinski definition) is 4. The zero-order chi connectivity index (χ0) is 25.8. The van der Waals surface area contributed by atoms with E-state index in [4.69, 9.17) is 21.4 Å². The van der Waals surface area contributed by atoms with Crippen LogP contribution >= 0.6 is 11.6 Å². The van der Waals surface area contributed by atoms with Crippen molar-refractivity contribution in [3.63, 3.8) is 0 Å². The number of para-hydroxylation sites is 2. The van der Waals surface area contributed by atoms with Crippen LogP contribution in [0.25, 0.3) is 0 Å². The van der Waals surface area contributed by atoms with Crippen LogP contribution in [0.4, 0.5) is 21.0 Å². The van der Waals surface area contributed by atoms with Gasteiger partial charge in [-0.15, -0.1) is 0 Å². The molecule has 0 spiro atoms. The van der Waals surface area contributed by atoms with E-state index in [0.29, 0.717) is 27.5 Å². The van der Waals surface area contributed by atoms with Gasteiger partial charge >= 0.3 is 12.2 Å². The molecule has 0 fully saturated rings. The highest BCUT2D eigenvalue weighted by Gasteiger charge is 2.16. The van der Waals surface area contributed by atoms with Crippen LogP contribution < -0.4 is 10.6 Å². The smallest absolute Gasteiger partial charge is 0.411 e. The maximum atomic E-state index is 12.0. The van der Waals surface area contributed by atoms with Gasteiger partial charge < -0.3 is 14.9 Å². The van der Waals surface area contributed by atoms with Crippen molar-refractivity contribution in [3.8, 4) is 0 Å². The standard InChI is InChI=1S/C21H18ClNO3.C7H7NO2/c22-17-12-11-16(14-26-21(25)23-18-9-5-2-6-10-18)19(13-17)20(24)15-7-3-1-4-8-15;9-7(10)8-6-4-2-1-3-5-6/h1-13,20,24H,14H2,(H,23,25);1-5,8H,(H,9,10). The summed E-state index contributed by atoms with van der Waals surface area (Å²) in [5.41, 5.74) is 3.28. The Morgan fingerprint density at radius 2 is 1.31 bits per heavy atom. The van der Waals surface area contributed by atoms with Crippen LogP contribution in [0, 0.1) is 0 Å². The van der Waals surface area contributed by atoms with E-state index in [1.54, 1.807) is 54.6 Å². The largest absolute Gasteiger partial charge is 0.465 e. The second-order valence-electron chi connectivity index (χ2n) is 7.52. The van der Waals surface area contributed by atoms with Crippen molar-refractivity contribution in [2.24, 2.45) is 0 Å². The van der Waals surface area contributed by atoms with Crippen molar-refractivity contribution >= 4 is 35.2 Å². The molecule has 1 atom stereocenters. The average molecular weight is 505 g/mol. The van der Waals surface area contributed by atoms with Gasteiger partial charge in [0.1, 0.15) is 12.7 Å². The summed E-state index contributed by atoms with van der Waals surface area (Å²) in [6, 6.07) is 32.2. The fraction of sp³-hybridized carbons (Fsp3) is 0.0714. The minimum Gasteiger partial charge on any atom is -0.465 e. The molecule has 0 aromatic heterocycles. The molecule has 0 radical (unpaired) electrons. The third kappa shape index (κ3) is 8.47. The molecule has 0 bridgehead atoms. The number of anilines is 2. The van der Waals surface area contributed by atoms with E-state index in [1.165, 1.54) is 0 Å². The second-order valence-corrected chi connectivity index (χ2v) is 7.96. The lowest BCUT2D eigenvalue weighted by molar-refractivity contribution is 0.152. The van der Waals surface area contributed by atoms with E-state index in [9.17, 15) is 14.7 Å². The predicted octanol–water partition coefficient (Wildman–Crippen LogP) is 6.95. The maximum Gasteiger partial charge on any atom is 0.411 e. The molecule has 8 heteroatoms. The van der Waals surface area contributed by atoms with Gasteiger partial charge in [-0.25, -0.2) is 9.59 Å². The number of carbonyl (C=O) groups excluding carboxylic acids is 1. The highest BCUT2D eigenvalue weighted by Crippen LogP contribution is 2.28. The Morgan fingerprint density at radius 3 is 1.86 bits per heavy atom. The first-order valence-corrected chi connectivity index (χ1v) is 11.4. The molecule has 2 amide bonds. The Kier molecular flexibility index (Phi) is 9.88. The van der Waals surface area contributed by atoms with Gasteiger partial charge in [0.2, 0.25) is 0 Å². The van der Waals surface area contributed by atoms with Gasteiger partial charge in [0.25, 0.3) is 0 Å². The number of rotatable bonds is 6. The average Bonchev–Trinajstić information content (AvgIpc) is 2.89. The van der Waals surface area contributed by atoms with Gasteiger partial charge in [0, 0.05) is 16.4 Å². The first kappa shape index (κ1) is 26.3. The predicted molar refractivity (Wildman–Crippen MR) is 140 cm³/mol. The SMILES string of the molecule is O=C(Nc1ccccc1)OCc1ccc(Cl)cc1C(O)c1ccccc1.O=C(O)Nc1ccccc1. The number of aliphatic hydroxyl groups excluding tert-OH is 1. The van der Waals surface area contributed by atoms with E-state index in [2.05, 4.69) is 10.6 Å². The molecule has 4 aromatic carbocycles. The quantitative estimate of drug-likeness (QED) is 0.227. The van der Waals surface area contributed by atoms with Crippen LogP contribution in [0.2, 0.25) is 5.02 Å². The Bertz CT molecular complexity index is 1250. The molecule has 1 unspecified atom stereocenters. The van der Waals surface area contributed by atoms with Crippen molar-refractivity contribution in [2.45, 2.75) is 12.7 Å². The lowest BCUT2D eigenvalue weighted by atomic mass is 9.97. The van der Waals surface area contributed by atoms with Gasteiger partial charge in [0.15, 0.2) is 0 Å². The van der Waals surface area contributed by atoms with Crippen molar-refractivity contribution in [2.75, 3.05) is 10.6 Å². The molecule has 4 rings (SSSR count). The second kappa shape index (κ2) is 13.5. The number of amides is 2. The molecule has 0 aliphatic rings. The highest BCUT2D eigenvalue weighted by molar-refractivity contribution is 6.30. The number of ether oxygens (including phenoxy) is 1. The van der Waals surface area contributed by atoms with Crippen molar-refractivity contribution in [1.29, 1.82) is 0 Å². The van der Waals surface area contributed by atoms with Gasteiger partial charge in [-0.2, -0.15) is 0 Å². The van der Waals surface area contributed by atoms with Gasteiger partial charge in [0.05, 0.1) is 0 Å². The number of hydrogen-bond donors (Lipinski definition) is 4. The summed E-state index contributed by atoms with van der Waals surface area (Å²) in [5, 5.41) is 24.3. The third-order valence-electron chi connectivity index (χ3n) is 4.92. The fourth-order valence-corrected chi connectivity index (χ4v) is 3.41. The zero-order valence-corrected chi connectivity index (χ0v) is 19.9.